The van der Waals surface area contributed by atoms with Crippen molar-refractivity contribution in [2.24, 2.45) is 5.10 Å². The lowest BCUT2D eigenvalue weighted by atomic mass is 10.1. The summed E-state index contributed by atoms with van der Waals surface area (Å²) in [5.74, 6) is -0.280. The van der Waals surface area contributed by atoms with Crippen molar-refractivity contribution in [3.63, 3.8) is 0 Å². The van der Waals surface area contributed by atoms with Crippen molar-refractivity contribution in [2.75, 3.05) is 0 Å². The number of carbonyl (C=O) groups is 1. The molecule has 0 saturated carbocycles. The van der Waals surface area contributed by atoms with Crippen LogP contribution in [0.15, 0.2) is 72.1 Å². The van der Waals surface area contributed by atoms with Gasteiger partial charge in [0.1, 0.15) is 0 Å². The summed E-state index contributed by atoms with van der Waals surface area (Å²) in [5, 5.41) is 6.48. The normalized spacial score (nSPS) is 11.4. The van der Waals surface area contributed by atoms with Crippen LogP contribution < -0.4 is 5.43 Å². The van der Waals surface area contributed by atoms with Gasteiger partial charge in [-0.2, -0.15) is 5.10 Å². The van der Waals surface area contributed by atoms with E-state index in [-0.39, 0.29) is 5.91 Å². The molecule has 0 bridgehead atoms. The van der Waals surface area contributed by atoms with E-state index in [0.29, 0.717) is 5.56 Å². The minimum atomic E-state index is -0.280. The maximum atomic E-state index is 12.0. The fraction of sp³-hybridized carbons (Fsp3) is 0.0952. The van der Waals surface area contributed by atoms with Gasteiger partial charge in [-0.1, -0.05) is 24.3 Å². The molecule has 2 heterocycles. The minimum Gasteiger partial charge on any atom is -0.341 e. The van der Waals surface area contributed by atoms with Crippen LogP contribution >= 0.6 is 0 Å². The smallest absolute Gasteiger partial charge is 0.272 e. The first kappa shape index (κ1) is 16.0. The molecular formula is C21H18N4O. The van der Waals surface area contributed by atoms with Gasteiger partial charge < -0.3 is 4.57 Å². The number of rotatable bonds is 4. The number of pyridine rings is 1. The number of hydrogen-bond acceptors (Lipinski definition) is 3. The molecule has 4 rings (SSSR count). The molecule has 2 aromatic heterocycles. The average Bonchev–Trinajstić information content (AvgIpc) is 3.01. The minimum absolute atomic E-state index is 0.280. The van der Waals surface area contributed by atoms with Crippen LogP contribution in [-0.2, 0) is 6.54 Å². The van der Waals surface area contributed by atoms with Crippen molar-refractivity contribution < 1.29 is 4.79 Å². The van der Waals surface area contributed by atoms with Crippen molar-refractivity contribution >= 4 is 33.9 Å². The van der Waals surface area contributed by atoms with E-state index in [0.717, 1.165) is 12.1 Å². The molecule has 0 atom stereocenters. The van der Waals surface area contributed by atoms with Crippen LogP contribution in [0.3, 0.4) is 0 Å². The number of aromatic nitrogens is 2. The average molecular weight is 342 g/mol. The Morgan fingerprint density at radius 2 is 1.96 bits per heavy atom. The number of benzene rings is 2. The number of fused-ring (bicyclic) bond motifs is 3. The molecule has 0 aliphatic heterocycles. The van der Waals surface area contributed by atoms with Crippen molar-refractivity contribution in [3.05, 3.63) is 78.1 Å². The molecule has 0 spiro atoms. The van der Waals surface area contributed by atoms with E-state index in [2.05, 4.69) is 63.4 Å². The summed E-state index contributed by atoms with van der Waals surface area (Å²) in [6.07, 6.45) is 4.80. The van der Waals surface area contributed by atoms with Gasteiger partial charge in [0.05, 0.1) is 11.8 Å². The number of hydrazone groups is 1. The summed E-state index contributed by atoms with van der Waals surface area (Å²) >= 11 is 0. The first-order chi connectivity index (χ1) is 12.8. The summed E-state index contributed by atoms with van der Waals surface area (Å²) in [4.78, 5) is 15.9. The molecule has 0 radical (unpaired) electrons. The highest BCUT2D eigenvalue weighted by molar-refractivity contribution is 6.09. The Labute approximate surface area is 151 Å². The van der Waals surface area contributed by atoms with Crippen LogP contribution in [0.2, 0.25) is 0 Å². The number of aryl methyl sites for hydroxylation is 1. The van der Waals surface area contributed by atoms with Crippen LogP contribution in [0.5, 0.6) is 0 Å². The number of para-hydroxylation sites is 1. The third-order valence-electron chi connectivity index (χ3n) is 4.42. The Kier molecular flexibility index (Phi) is 4.19. The lowest BCUT2D eigenvalue weighted by Gasteiger charge is -2.02. The van der Waals surface area contributed by atoms with Crippen LogP contribution in [0.4, 0.5) is 0 Å². The Bertz CT molecular complexity index is 1110. The maximum absolute atomic E-state index is 12.0. The second-order valence-electron chi connectivity index (χ2n) is 5.98. The van der Waals surface area contributed by atoms with Gasteiger partial charge in [-0.25, -0.2) is 5.43 Å². The van der Waals surface area contributed by atoms with Crippen molar-refractivity contribution in [2.45, 2.75) is 13.5 Å². The zero-order valence-electron chi connectivity index (χ0n) is 14.4. The Morgan fingerprint density at radius 1 is 1.12 bits per heavy atom. The molecule has 128 valence electrons. The number of nitrogens with one attached hydrogen (secondary N) is 1. The van der Waals surface area contributed by atoms with Crippen LogP contribution in [0, 0.1) is 0 Å². The van der Waals surface area contributed by atoms with Crippen molar-refractivity contribution in [1.29, 1.82) is 0 Å². The van der Waals surface area contributed by atoms with Crippen LogP contribution in [-0.4, -0.2) is 21.7 Å². The molecular weight excluding hydrogens is 324 g/mol. The molecule has 0 aliphatic carbocycles. The zero-order chi connectivity index (χ0) is 17.9. The van der Waals surface area contributed by atoms with Gasteiger partial charge in [-0.05, 0) is 42.8 Å². The van der Waals surface area contributed by atoms with E-state index >= 15 is 0 Å². The number of amides is 1. The third kappa shape index (κ3) is 2.84. The Balaban J connectivity index is 1.63. The summed E-state index contributed by atoms with van der Waals surface area (Å²) in [6.45, 7) is 3.06. The second-order valence-corrected chi connectivity index (χ2v) is 5.98. The highest BCUT2D eigenvalue weighted by Crippen LogP contribution is 2.29. The summed E-state index contributed by atoms with van der Waals surface area (Å²) in [7, 11) is 0. The molecule has 4 aromatic rings. The molecule has 0 unspecified atom stereocenters. The lowest BCUT2D eigenvalue weighted by molar-refractivity contribution is 0.0955. The zero-order valence-corrected chi connectivity index (χ0v) is 14.4. The fourth-order valence-corrected chi connectivity index (χ4v) is 3.22. The summed E-state index contributed by atoms with van der Waals surface area (Å²) in [5.41, 5.74) is 6.37. The maximum Gasteiger partial charge on any atom is 0.272 e. The molecule has 1 N–H and O–H groups in total. The van der Waals surface area contributed by atoms with Gasteiger partial charge in [0, 0.05) is 40.7 Å². The topological polar surface area (TPSA) is 59.3 Å². The van der Waals surface area contributed by atoms with E-state index in [1.165, 1.54) is 28.0 Å². The van der Waals surface area contributed by atoms with E-state index in [1.807, 2.05) is 6.07 Å². The summed E-state index contributed by atoms with van der Waals surface area (Å²) < 4.78 is 2.30. The van der Waals surface area contributed by atoms with E-state index in [4.69, 9.17) is 0 Å². The first-order valence-electron chi connectivity index (χ1n) is 8.52. The van der Waals surface area contributed by atoms with E-state index in [9.17, 15) is 4.79 Å². The highest BCUT2D eigenvalue weighted by Gasteiger charge is 2.09. The third-order valence-corrected chi connectivity index (χ3v) is 4.42. The molecule has 0 saturated heterocycles. The molecule has 1 amide bonds. The fourth-order valence-electron chi connectivity index (χ4n) is 3.22. The predicted molar refractivity (Wildman–Crippen MR) is 104 cm³/mol. The van der Waals surface area contributed by atoms with Crippen LogP contribution in [0.25, 0.3) is 21.8 Å². The SMILES string of the molecule is CCn1c2ccccc2c2cc(C=NNC(=O)c3cccnc3)ccc21. The van der Waals surface area contributed by atoms with Gasteiger partial charge >= 0.3 is 0 Å². The van der Waals surface area contributed by atoms with Gasteiger partial charge in [0.25, 0.3) is 5.91 Å². The highest BCUT2D eigenvalue weighted by atomic mass is 16.2. The lowest BCUT2D eigenvalue weighted by Crippen LogP contribution is -2.17. The number of carbonyl (C=O) groups excluding carboxylic acids is 1. The van der Waals surface area contributed by atoms with Gasteiger partial charge in [0.15, 0.2) is 0 Å². The monoisotopic (exact) mass is 342 g/mol. The molecule has 5 nitrogen and oxygen atoms in total. The molecule has 26 heavy (non-hydrogen) atoms. The number of hydrogen-bond donors (Lipinski definition) is 1. The predicted octanol–water partition coefficient (Wildman–Crippen LogP) is 3.97. The Morgan fingerprint density at radius 3 is 2.77 bits per heavy atom. The Hall–Kier alpha value is -3.47. The van der Waals surface area contributed by atoms with Gasteiger partial charge in [-0.3, -0.25) is 9.78 Å². The van der Waals surface area contributed by atoms with Crippen molar-refractivity contribution in [3.8, 4) is 0 Å². The van der Waals surface area contributed by atoms with Gasteiger partial charge in [0.2, 0.25) is 0 Å². The summed E-state index contributed by atoms with van der Waals surface area (Å²) in [6, 6.07) is 18.0. The first-order valence-corrected chi connectivity index (χ1v) is 8.52. The van der Waals surface area contributed by atoms with E-state index in [1.54, 1.807) is 24.5 Å². The quantitative estimate of drug-likeness (QED) is 0.450. The molecule has 2 aromatic carbocycles. The largest absolute Gasteiger partial charge is 0.341 e. The second kappa shape index (κ2) is 6.80. The van der Waals surface area contributed by atoms with Crippen molar-refractivity contribution in [1.82, 2.24) is 15.0 Å². The standard InChI is InChI=1S/C21H18N4O/c1-2-25-19-8-4-3-7-17(19)18-12-15(9-10-20(18)25)13-23-24-21(26)16-6-5-11-22-14-16/h3-14H,2H2,1H3,(H,24,26). The molecule has 5 heteroatoms. The van der Waals surface area contributed by atoms with Gasteiger partial charge in [-0.15, -0.1) is 0 Å². The molecule has 0 aliphatic rings. The molecule has 0 fully saturated rings. The van der Waals surface area contributed by atoms with E-state index < -0.39 is 0 Å². The van der Waals surface area contributed by atoms with Crippen LogP contribution in [0.1, 0.15) is 22.8 Å². The number of nitrogens with zero attached hydrogens (tertiary/aromatic N) is 3.